The van der Waals surface area contributed by atoms with Gasteiger partial charge in [0.2, 0.25) is 15.9 Å². The van der Waals surface area contributed by atoms with Gasteiger partial charge >= 0.3 is 0 Å². The number of benzene rings is 1. The van der Waals surface area contributed by atoms with Gasteiger partial charge in [0, 0.05) is 9.75 Å². The zero-order chi connectivity index (χ0) is 15.6. The van der Waals surface area contributed by atoms with E-state index in [0.717, 1.165) is 4.88 Å². The number of rotatable bonds is 5. The van der Waals surface area contributed by atoms with Gasteiger partial charge in [-0.2, -0.15) is 4.72 Å². The Morgan fingerprint density at radius 3 is 2.33 bits per heavy atom. The summed E-state index contributed by atoms with van der Waals surface area (Å²) in [6, 6.07) is 9.04. The molecule has 2 aromatic rings. The maximum atomic E-state index is 12.4. The van der Waals surface area contributed by atoms with Crippen LogP contribution >= 0.6 is 11.3 Å². The molecule has 112 valence electrons. The van der Waals surface area contributed by atoms with Crippen molar-refractivity contribution in [2.45, 2.75) is 24.8 Å². The fourth-order valence-corrected chi connectivity index (χ4v) is 4.78. The maximum Gasteiger partial charge on any atom is 0.242 e. The SMILES string of the molecule is Cc1cc(S(=O)(=O)NC(C(N)=O)c2ccccc2)c(C)s1. The van der Waals surface area contributed by atoms with Crippen molar-refractivity contribution < 1.29 is 13.2 Å². The first-order valence-electron chi connectivity index (χ1n) is 6.25. The number of thiophene rings is 1. The Kier molecular flexibility index (Phi) is 4.46. The molecule has 1 aromatic carbocycles. The van der Waals surface area contributed by atoms with E-state index < -0.39 is 22.0 Å². The van der Waals surface area contributed by atoms with Crippen LogP contribution in [0.2, 0.25) is 0 Å². The van der Waals surface area contributed by atoms with Crippen LogP contribution in [0.1, 0.15) is 21.4 Å². The molecule has 2 rings (SSSR count). The summed E-state index contributed by atoms with van der Waals surface area (Å²) in [5, 5.41) is 0. The van der Waals surface area contributed by atoms with E-state index in [4.69, 9.17) is 5.73 Å². The number of carbonyl (C=O) groups excluding carboxylic acids is 1. The maximum absolute atomic E-state index is 12.4. The zero-order valence-corrected chi connectivity index (χ0v) is 13.3. The molecule has 0 saturated carbocycles. The molecule has 21 heavy (non-hydrogen) atoms. The molecule has 1 unspecified atom stereocenters. The van der Waals surface area contributed by atoms with Gasteiger partial charge in [-0.1, -0.05) is 30.3 Å². The van der Waals surface area contributed by atoms with Gasteiger partial charge in [0.15, 0.2) is 0 Å². The molecule has 0 aliphatic heterocycles. The van der Waals surface area contributed by atoms with E-state index in [-0.39, 0.29) is 4.90 Å². The van der Waals surface area contributed by atoms with Gasteiger partial charge in [-0.15, -0.1) is 11.3 Å². The predicted octanol–water partition coefficient (Wildman–Crippen LogP) is 1.87. The van der Waals surface area contributed by atoms with Gasteiger partial charge in [-0.25, -0.2) is 8.42 Å². The minimum Gasteiger partial charge on any atom is -0.368 e. The highest BCUT2D eigenvalue weighted by Crippen LogP contribution is 2.26. The van der Waals surface area contributed by atoms with E-state index in [2.05, 4.69) is 4.72 Å². The molecule has 0 aliphatic carbocycles. The van der Waals surface area contributed by atoms with Crippen molar-refractivity contribution in [2.75, 3.05) is 0 Å². The number of primary amides is 1. The van der Waals surface area contributed by atoms with Gasteiger partial charge in [-0.05, 0) is 25.5 Å². The van der Waals surface area contributed by atoms with Crippen LogP contribution in [-0.4, -0.2) is 14.3 Å². The van der Waals surface area contributed by atoms with Gasteiger partial charge in [-0.3, -0.25) is 4.79 Å². The second kappa shape index (κ2) is 5.97. The third-order valence-electron chi connectivity index (χ3n) is 2.98. The lowest BCUT2D eigenvalue weighted by Crippen LogP contribution is -2.37. The Morgan fingerprint density at radius 1 is 1.24 bits per heavy atom. The van der Waals surface area contributed by atoms with E-state index >= 15 is 0 Å². The normalized spacial score (nSPS) is 13.0. The van der Waals surface area contributed by atoms with Crippen LogP contribution in [0.3, 0.4) is 0 Å². The summed E-state index contributed by atoms with van der Waals surface area (Å²) in [5.74, 6) is -0.741. The molecule has 0 bridgehead atoms. The largest absolute Gasteiger partial charge is 0.368 e. The van der Waals surface area contributed by atoms with Gasteiger partial charge in [0.25, 0.3) is 0 Å². The molecule has 1 aromatic heterocycles. The lowest BCUT2D eigenvalue weighted by atomic mass is 10.1. The Balaban J connectivity index is 2.37. The third-order valence-corrected chi connectivity index (χ3v) is 5.62. The number of carbonyl (C=O) groups is 1. The first kappa shape index (κ1) is 15.7. The van der Waals surface area contributed by atoms with E-state index in [0.29, 0.717) is 10.4 Å². The second-order valence-electron chi connectivity index (χ2n) is 4.64. The van der Waals surface area contributed by atoms with Crippen molar-refractivity contribution in [1.29, 1.82) is 0 Å². The average Bonchev–Trinajstić information content (AvgIpc) is 2.77. The molecule has 0 aliphatic rings. The van der Waals surface area contributed by atoms with Crippen molar-refractivity contribution in [2.24, 2.45) is 5.73 Å². The van der Waals surface area contributed by atoms with E-state index in [1.54, 1.807) is 43.3 Å². The Morgan fingerprint density at radius 2 is 1.86 bits per heavy atom. The first-order chi connectivity index (χ1) is 9.81. The lowest BCUT2D eigenvalue weighted by molar-refractivity contribution is -0.119. The van der Waals surface area contributed by atoms with E-state index in [9.17, 15) is 13.2 Å². The molecular weight excluding hydrogens is 308 g/mol. The lowest BCUT2D eigenvalue weighted by Gasteiger charge is -2.16. The Bertz CT molecular complexity index is 752. The summed E-state index contributed by atoms with van der Waals surface area (Å²) in [4.78, 5) is 13.4. The van der Waals surface area contributed by atoms with Crippen LogP contribution in [0.15, 0.2) is 41.3 Å². The average molecular weight is 324 g/mol. The van der Waals surface area contributed by atoms with E-state index in [1.807, 2.05) is 6.92 Å². The highest BCUT2D eigenvalue weighted by Gasteiger charge is 2.27. The minimum atomic E-state index is -3.80. The van der Waals surface area contributed by atoms with Crippen molar-refractivity contribution in [1.82, 2.24) is 4.72 Å². The fraction of sp³-hybridized carbons (Fsp3) is 0.214. The first-order valence-corrected chi connectivity index (χ1v) is 8.55. The Labute approximate surface area is 127 Å². The molecule has 1 heterocycles. The molecule has 1 atom stereocenters. The van der Waals surface area contributed by atoms with Crippen molar-refractivity contribution in [3.8, 4) is 0 Å². The minimum absolute atomic E-state index is 0.187. The topological polar surface area (TPSA) is 89.3 Å². The van der Waals surface area contributed by atoms with Gasteiger partial charge < -0.3 is 5.73 Å². The highest BCUT2D eigenvalue weighted by molar-refractivity contribution is 7.89. The molecule has 3 N–H and O–H groups in total. The summed E-state index contributed by atoms with van der Waals surface area (Å²) in [6.45, 7) is 3.56. The summed E-state index contributed by atoms with van der Waals surface area (Å²) < 4.78 is 27.3. The number of amides is 1. The molecule has 0 saturated heterocycles. The molecule has 0 spiro atoms. The number of nitrogens with one attached hydrogen (secondary N) is 1. The fourth-order valence-electron chi connectivity index (χ4n) is 2.03. The van der Waals surface area contributed by atoms with Crippen LogP contribution in [-0.2, 0) is 14.8 Å². The summed E-state index contributed by atoms with van der Waals surface area (Å²) in [5.41, 5.74) is 5.85. The van der Waals surface area contributed by atoms with Crippen LogP contribution in [0.5, 0.6) is 0 Å². The predicted molar refractivity (Wildman–Crippen MR) is 82.5 cm³/mol. The Hall–Kier alpha value is -1.70. The second-order valence-corrected chi connectivity index (χ2v) is 7.79. The van der Waals surface area contributed by atoms with E-state index in [1.165, 1.54) is 11.3 Å². The number of hydrogen-bond donors (Lipinski definition) is 2. The molecule has 0 radical (unpaired) electrons. The highest BCUT2D eigenvalue weighted by atomic mass is 32.2. The molecular formula is C14H16N2O3S2. The van der Waals surface area contributed by atoms with Crippen LogP contribution in [0, 0.1) is 13.8 Å². The number of sulfonamides is 1. The third kappa shape index (κ3) is 3.49. The number of hydrogen-bond acceptors (Lipinski definition) is 4. The summed E-state index contributed by atoms with van der Waals surface area (Å²) >= 11 is 1.39. The zero-order valence-electron chi connectivity index (χ0n) is 11.7. The molecule has 5 nitrogen and oxygen atoms in total. The van der Waals surface area contributed by atoms with Crippen LogP contribution in [0.4, 0.5) is 0 Å². The van der Waals surface area contributed by atoms with Crippen molar-refractivity contribution in [3.05, 3.63) is 51.7 Å². The van der Waals surface area contributed by atoms with Crippen LogP contribution < -0.4 is 10.5 Å². The monoisotopic (exact) mass is 324 g/mol. The van der Waals surface area contributed by atoms with Gasteiger partial charge in [0.05, 0.1) is 4.90 Å². The molecule has 0 fully saturated rings. The summed E-state index contributed by atoms with van der Waals surface area (Å²) in [6.07, 6.45) is 0. The van der Waals surface area contributed by atoms with Crippen molar-refractivity contribution in [3.63, 3.8) is 0 Å². The smallest absolute Gasteiger partial charge is 0.242 e. The number of aryl methyl sites for hydroxylation is 2. The molecule has 7 heteroatoms. The van der Waals surface area contributed by atoms with Crippen molar-refractivity contribution >= 4 is 27.3 Å². The summed E-state index contributed by atoms with van der Waals surface area (Å²) in [7, 11) is -3.80. The molecule has 1 amide bonds. The van der Waals surface area contributed by atoms with Gasteiger partial charge in [0.1, 0.15) is 6.04 Å². The standard InChI is InChI=1S/C14H16N2O3S2/c1-9-8-12(10(2)20-9)21(18,19)16-13(14(15)17)11-6-4-3-5-7-11/h3-8,13,16H,1-2H3,(H2,15,17). The number of nitrogens with two attached hydrogens (primary N) is 1. The van der Waals surface area contributed by atoms with Crippen LogP contribution in [0.25, 0.3) is 0 Å². The quantitative estimate of drug-likeness (QED) is 0.880.